The van der Waals surface area contributed by atoms with Gasteiger partial charge in [0.25, 0.3) is 0 Å². The summed E-state index contributed by atoms with van der Waals surface area (Å²) >= 11 is 0. The Kier molecular flexibility index (Phi) is 9.09. The average Bonchev–Trinajstić information content (AvgIpc) is 3.13. The second kappa shape index (κ2) is 11.1. The van der Waals surface area contributed by atoms with Gasteiger partial charge >= 0.3 is 0 Å². The molecule has 0 aromatic rings. The average molecular weight is 374 g/mol. The third-order valence-electron chi connectivity index (χ3n) is 6.27. The number of aliphatic hydroxyl groups excluding tert-OH is 2. The van der Waals surface area contributed by atoms with Crippen molar-refractivity contribution in [3.05, 3.63) is 23.8 Å². The van der Waals surface area contributed by atoms with Crippen molar-refractivity contribution in [2.75, 3.05) is 20.6 Å². The van der Waals surface area contributed by atoms with Gasteiger partial charge in [-0.3, -0.25) is 0 Å². The molecule has 1 saturated carbocycles. The molecule has 0 amide bonds. The SMILES string of the molecule is CC#CC[C@H](C)[C@H](O)/C=C/[C@@H]1[C@H]2CC(CCCCCN(C)C)=C[C@H]2C[C@H]1O. The van der Waals surface area contributed by atoms with Crippen LogP contribution in [0.3, 0.4) is 0 Å². The van der Waals surface area contributed by atoms with Crippen molar-refractivity contribution in [3.63, 3.8) is 0 Å². The fourth-order valence-electron chi connectivity index (χ4n) is 4.56. The van der Waals surface area contributed by atoms with Gasteiger partial charge in [0.2, 0.25) is 0 Å². The van der Waals surface area contributed by atoms with Crippen molar-refractivity contribution in [1.29, 1.82) is 0 Å². The molecular weight excluding hydrogens is 334 g/mol. The molecule has 3 heteroatoms. The molecule has 0 radical (unpaired) electrons. The highest BCUT2D eigenvalue weighted by Crippen LogP contribution is 2.48. The van der Waals surface area contributed by atoms with Crippen LogP contribution >= 0.6 is 0 Å². The molecular formula is C24H39NO2. The quantitative estimate of drug-likeness (QED) is 0.345. The highest BCUT2D eigenvalue weighted by Gasteiger charge is 2.43. The highest BCUT2D eigenvalue weighted by atomic mass is 16.3. The maximum atomic E-state index is 10.5. The van der Waals surface area contributed by atoms with Crippen LogP contribution in [0.5, 0.6) is 0 Å². The van der Waals surface area contributed by atoms with Crippen molar-refractivity contribution >= 4 is 0 Å². The van der Waals surface area contributed by atoms with E-state index in [9.17, 15) is 10.2 Å². The van der Waals surface area contributed by atoms with Crippen molar-refractivity contribution < 1.29 is 10.2 Å². The number of allylic oxidation sites excluding steroid dienone is 2. The van der Waals surface area contributed by atoms with Crippen LogP contribution in [0.25, 0.3) is 0 Å². The van der Waals surface area contributed by atoms with Crippen LogP contribution in [0, 0.1) is 35.5 Å². The van der Waals surface area contributed by atoms with E-state index in [4.69, 9.17) is 0 Å². The monoisotopic (exact) mass is 373 g/mol. The Morgan fingerprint density at radius 3 is 2.78 bits per heavy atom. The summed E-state index contributed by atoms with van der Waals surface area (Å²) in [5, 5.41) is 20.8. The minimum atomic E-state index is -0.484. The summed E-state index contributed by atoms with van der Waals surface area (Å²) in [6, 6.07) is 0. The molecule has 1 fully saturated rings. The zero-order valence-electron chi connectivity index (χ0n) is 17.7. The van der Waals surface area contributed by atoms with E-state index >= 15 is 0 Å². The van der Waals surface area contributed by atoms with Crippen LogP contribution in [0.1, 0.15) is 58.8 Å². The van der Waals surface area contributed by atoms with Gasteiger partial charge in [0.05, 0.1) is 12.2 Å². The molecule has 2 aliphatic carbocycles. The summed E-state index contributed by atoms with van der Waals surface area (Å²) in [6.45, 7) is 5.03. The predicted octanol–water partition coefficient (Wildman–Crippen LogP) is 4.02. The lowest BCUT2D eigenvalue weighted by Gasteiger charge is -2.20. The van der Waals surface area contributed by atoms with E-state index in [1.807, 2.05) is 19.9 Å². The van der Waals surface area contributed by atoms with Crippen molar-refractivity contribution in [1.82, 2.24) is 4.90 Å². The maximum Gasteiger partial charge on any atom is 0.0755 e. The molecule has 0 aromatic carbocycles. The number of unbranched alkanes of at least 4 members (excludes halogenated alkanes) is 2. The first-order chi connectivity index (χ1) is 12.9. The predicted molar refractivity (Wildman–Crippen MR) is 113 cm³/mol. The summed E-state index contributed by atoms with van der Waals surface area (Å²) in [7, 11) is 4.27. The Hall–Kier alpha value is -1.08. The zero-order valence-corrected chi connectivity index (χ0v) is 17.7. The fraction of sp³-hybridized carbons (Fsp3) is 0.750. The Morgan fingerprint density at radius 1 is 1.30 bits per heavy atom. The summed E-state index contributed by atoms with van der Waals surface area (Å²) in [6.07, 6.45) is 13.4. The molecule has 2 rings (SSSR count). The molecule has 2 aliphatic rings. The molecule has 0 heterocycles. The summed E-state index contributed by atoms with van der Waals surface area (Å²) in [5.41, 5.74) is 1.59. The number of fused-ring (bicyclic) bond motifs is 1. The summed E-state index contributed by atoms with van der Waals surface area (Å²) < 4.78 is 0. The summed E-state index contributed by atoms with van der Waals surface area (Å²) in [4.78, 5) is 2.25. The second-order valence-electron chi connectivity index (χ2n) is 8.83. The van der Waals surface area contributed by atoms with Crippen molar-refractivity contribution in [2.24, 2.45) is 23.7 Å². The van der Waals surface area contributed by atoms with Gasteiger partial charge < -0.3 is 15.1 Å². The van der Waals surface area contributed by atoms with Gasteiger partial charge in [0.1, 0.15) is 0 Å². The molecule has 0 aliphatic heterocycles. The largest absolute Gasteiger partial charge is 0.392 e. The molecule has 152 valence electrons. The normalized spacial score (nSPS) is 29.5. The van der Waals surface area contributed by atoms with Gasteiger partial charge in [-0.15, -0.1) is 11.8 Å². The smallest absolute Gasteiger partial charge is 0.0755 e. The second-order valence-corrected chi connectivity index (χ2v) is 8.83. The molecule has 2 N–H and O–H groups in total. The first kappa shape index (κ1) is 22.2. The number of aliphatic hydroxyl groups is 2. The molecule has 0 saturated heterocycles. The number of hydrogen-bond acceptors (Lipinski definition) is 3. The van der Waals surface area contributed by atoms with E-state index in [0.717, 1.165) is 12.8 Å². The Morgan fingerprint density at radius 2 is 2.07 bits per heavy atom. The van der Waals surface area contributed by atoms with E-state index in [-0.39, 0.29) is 17.9 Å². The van der Waals surface area contributed by atoms with E-state index in [1.165, 1.54) is 32.2 Å². The Bertz CT molecular complexity index is 569. The van der Waals surface area contributed by atoms with Crippen LogP contribution in [0.2, 0.25) is 0 Å². The van der Waals surface area contributed by atoms with Gasteiger partial charge in [0.15, 0.2) is 0 Å². The van der Waals surface area contributed by atoms with Gasteiger partial charge in [-0.25, -0.2) is 0 Å². The lowest BCUT2D eigenvalue weighted by Crippen LogP contribution is -2.19. The Labute approximate surface area is 166 Å². The fourth-order valence-corrected chi connectivity index (χ4v) is 4.56. The molecule has 0 spiro atoms. The standard InChI is InChI=1S/C24H39NO2/c1-5-6-10-18(2)23(26)13-12-21-22-16-19(15-20(22)17-24(21)27)11-8-7-9-14-25(3)4/h12-13,15,18,20-24,26-27H,7-11,14,16-17H2,1-4H3/b13-12+/t18-,20-,21+,22-,23+,24+/m0/s1. The van der Waals surface area contributed by atoms with Crippen LogP contribution in [0.4, 0.5) is 0 Å². The molecule has 27 heavy (non-hydrogen) atoms. The van der Waals surface area contributed by atoms with Crippen molar-refractivity contribution in [3.8, 4) is 11.8 Å². The molecule has 0 unspecified atom stereocenters. The van der Waals surface area contributed by atoms with E-state index in [2.05, 4.69) is 43.0 Å². The van der Waals surface area contributed by atoms with E-state index in [1.54, 1.807) is 5.57 Å². The molecule has 6 atom stereocenters. The number of rotatable bonds is 10. The third-order valence-corrected chi connectivity index (χ3v) is 6.27. The molecule has 3 nitrogen and oxygen atoms in total. The van der Waals surface area contributed by atoms with Crippen molar-refractivity contribution in [2.45, 2.75) is 71.0 Å². The first-order valence-electron chi connectivity index (χ1n) is 10.7. The van der Waals surface area contributed by atoms with Gasteiger partial charge in [-0.05, 0) is 77.4 Å². The molecule has 0 aromatic heterocycles. The topological polar surface area (TPSA) is 43.7 Å². The first-order valence-corrected chi connectivity index (χ1v) is 10.7. The third kappa shape index (κ3) is 6.79. The zero-order chi connectivity index (χ0) is 19.8. The summed E-state index contributed by atoms with van der Waals surface area (Å²) in [5.74, 6) is 7.27. The minimum absolute atomic E-state index is 0.127. The Balaban J connectivity index is 1.80. The minimum Gasteiger partial charge on any atom is -0.392 e. The highest BCUT2D eigenvalue weighted by molar-refractivity contribution is 5.21. The lowest BCUT2D eigenvalue weighted by atomic mass is 9.88. The van der Waals surface area contributed by atoms with Crippen LogP contribution < -0.4 is 0 Å². The number of nitrogens with zero attached hydrogens (tertiary/aromatic N) is 1. The van der Waals surface area contributed by atoms with Gasteiger partial charge in [-0.2, -0.15) is 0 Å². The van der Waals surface area contributed by atoms with E-state index < -0.39 is 6.10 Å². The van der Waals surface area contributed by atoms with Crippen LogP contribution in [0.15, 0.2) is 23.8 Å². The lowest BCUT2D eigenvalue weighted by molar-refractivity contribution is 0.137. The van der Waals surface area contributed by atoms with E-state index in [0.29, 0.717) is 18.3 Å². The molecule has 0 bridgehead atoms. The van der Waals surface area contributed by atoms with Gasteiger partial charge in [0, 0.05) is 12.3 Å². The number of hydrogen-bond donors (Lipinski definition) is 2. The van der Waals surface area contributed by atoms with Crippen LogP contribution in [-0.2, 0) is 0 Å². The van der Waals surface area contributed by atoms with Crippen LogP contribution in [-0.4, -0.2) is 48.0 Å². The maximum absolute atomic E-state index is 10.5. The van der Waals surface area contributed by atoms with Gasteiger partial charge in [-0.1, -0.05) is 37.1 Å².